The minimum Gasteiger partial charge on any atom is -0.497 e. The third-order valence-corrected chi connectivity index (χ3v) is 3.04. The molecule has 2 rings (SSSR count). The number of nitrogens with zero attached hydrogens (tertiary/aromatic N) is 1. The van der Waals surface area contributed by atoms with Crippen molar-refractivity contribution >= 4 is 23.3 Å². The molecule has 1 amide bonds. The van der Waals surface area contributed by atoms with Crippen molar-refractivity contribution in [2.24, 2.45) is 0 Å². The topological polar surface area (TPSA) is 60.5 Å². The van der Waals surface area contributed by atoms with E-state index in [1.54, 1.807) is 50.6 Å². The lowest BCUT2D eigenvalue weighted by atomic mass is 10.1. The molecule has 0 unspecified atom stereocenters. The third kappa shape index (κ3) is 4.10. The van der Waals surface area contributed by atoms with Gasteiger partial charge in [0.05, 0.1) is 20.6 Å². The van der Waals surface area contributed by atoms with Gasteiger partial charge in [0.1, 0.15) is 22.5 Å². The number of anilines is 1. The molecule has 0 spiro atoms. The van der Waals surface area contributed by atoms with Gasteiger partial charge < -0.3 is 14.8 Å². The summed E-state index contributed by atoms with van der Waals surface area (Å²) in [6, 6.07) is 10.4. The molecule has 0 fully saturated rings. The monoisotopic (exact) mass is 306 g/mol. The average molecular weight is 307 g/mol. The minimum atomic E-state index is -0.201. The van der Waals surface area contributed by atoms with Crippen molar-refractivity contribution in [3.05, 3.63) is 47.1 Å². The second kappa shape index (κ2) is 6.95. The molecular weight excluding hydrogens is 292 g/mol. The van der Waals surface area contributed by atoms with Gasteiger partial charge in [-0.05, 0) is 18.2 Å². The van der Waals surface area contributed by atoms with Gasteiger partial charge in [0, 0.05) is 11.6 Å². The molecule has 0 aliphatic carbocycles. The fraction of sp³-hybridized carbons (Fsp3) is 0.200. The van der Waals surface area contributed by atoms with Crippen LogP contribution in [-0.4, -0.2) is 25.1 Å². The lowest BCUT2D eigenvalue weighted by Gasteiger charge is -2.10. The van der Waals surface area contributed by atoms with Gasteiger partial charge in [0.2, 0.25) is 5.91 Å². The summed E-state index contributed by atoms with van der Waals surface area (Å²) in [6.45, 7) is 0. The predicted octanol–water partition coefficient (Wildman–Crippen LogP) is 2.93. The molecule has 0 atom stereocenters. The summed E-state index contributed by atoms with van der Waals surface area (Å²) in [5, 5.41) is 3.02. The Morgan fingerprint density at radius 2 is 2.05 bits per heavy atom. The van der Waals surface area contributed by atoms with Crippen molar-refractivity contribution in [1.29, 1.82) is 0 Å². The van der Waals surface area contributed by atoms with Crippen LogP contribution < -0.4 is 14.8 Å². The summed E-state index contributed by atoms with van der Waals surface area (Å²) in [4.78, 5) is 16.0. The van der Waals surface area contributed by atoms with E-state index in [2.05, 4.69) is 10.3 Å². The van der Waals surface area contributed by atoms with Crippen molar-refractivity contribution in [1.82, 2.24) is 4.98 Å². The Hall–Kier alpha value is -2.27. The molecule has 1 heterocycles. The molecule has 0 bridgehead atoms. The van der Waals surface area contributed by atoms with Crippen LogP contribution in [-0.2, 0) is 11.2 Å². The van der Waals surface area contributed by atoms with Crippen LogP contribution >= 0.6 is 11.6 Å². The van der Waals surface area contributed by atoms with Crippen LogP contribution in [0.4, 0.5) is 5.82 Å². The summed E-state index contributed by atoms with van der Waals surface area (Å²) in [5.74, 6) is 1.49. The number of amides is 1. The van der Waals surface area contributed by atoms with Crippen LogP contribution in [0.5, 0.6) is 11.5 Å². The largest absolute Gasteiger partial charge is 0.497 e. The van der Waals surface area contributed by atoms with Gasteiger partial charge in [-0.3, -0.25) is 4.79 Å². The van der Waals surface area contributed by atoms with Gasteiger partial charge in [-0.25, -0.2) is 4.98 Å². The number of halogens is 1. The van der Waals surface area contributed by atoms with E-state index in [1.165, 1.54) is 0 Å². The van der Waals surface area contributed by atoms with E-state index in [4.69, 9.17) is 21.1 Å². The number of hydrogen-bond acceptors (Lipinski definition) is 4. The van der Waals surface area contributed by atoms with Crippen LogP contribution in [0, 0.1) is 0 Å². The van der Waals surface area contributed by atoms with Crippen molar-refractivity contribution in [2.45, 2.75) is 6.42 Å². The minimum absolute atomic E-state index is 0.168. The number of benzene rings is 1. The highest BCUT2D eigenvalue weighted by Crippen LogP contribution is 2.25. The maximum Gasteiger partial charge on any atom is 0.230 e. The van der Waals surface area contributed by atoms with E-state index >= 15 is 0 Å². The Kier molecular flexibility index (Phi) is 5.00. The Balaban J connectivity index is 2.09. The lowest BCUT2D eigenvalue weighted by Crippen LogP contribution is -2.15. The third-order valence-electron chi connectivity index (χ3n) is 2.83. The molecule has 2 aromatic rings. The van der Waals surface area contributed by atoms with Crippen molar-refractivity contribution in [2.75, 3.05) is 19.5 Å². The zero-order valence-electron chi connectivity index (χ0n) is 11.7. The summed E-state index contributed by atoms with van der Waals surface area (Å²) >= 11 is 5.77. The summed E-state index contributed by atoms with van der Waals surface area (Å²) in [7, 11) is 3.13. The standard InChI is InChI=1S/C15H15ClN2O3/c1-20-11-7-6-10(12(9-11)21-2)8-15(19)18-14-5-3-4-13(16)17-14/h3-7,9H,8H2,1-2H3,(H,17,18,19). The number of nitrogens with one attached hydrogen (secondary N) is 1. The van der Waals surface area contributed by atoms with E-state index in [1.807, 2.05) is 0 Å². The zero-order chi connectivity index (χ0) is 15.2. The molecular formula is C15H15ClN2O3. The highest BCUT2D eigenvalue weighted by molar-refractivity contribution is 6.29. The number of hydrogen-bond donors (Lipinski definition) is 1. The first-order chi connectivity index (χ1) is 10.1. The molecule has 21 heavy (non-hydrogen) atoms. The van der Waals surface area contributed by atoms with Gasteiger partial charge in [-0.2, -0.15) is 0 Å². The second-order valence-corrected chi connectivity index (χ2v) is 4.64. The first kappa shape index (κ1) is 15.1. The fourth-order valence-electron chi connectivity index (χ4n) is 1.84. The number of pyridine rings is 1. The van der Waals surface area contributed by atoms with Crippen LogP contribution in [0.2, 0.25) is 5.15 Å². The molecule has 1 N–H and O–H groups in total. The Bertz CT molecular complexity index is 647. The molecule has 0 saturated heterocycles. The van der Waals surface area contributed by atoms with E-state index in [0.717, 1.165) is 5.56 Å². The first-order valence-corrected chi connectivity index (χ1v) is 6.63. The number of carbonyl (C=O) groups is 1. The number of ether oxygens (including phenoxy) is 2. The smallest absolute Gasteiger partial charge is 0.230 e. The number of methoxy groups -OCH3 is 2. The molecule has 0 saturated carbocycles. The molecule has 110 valence electrons. The normalized spacial score (nSPS) is 10.0. The molecule has 0 aliphatic heterocycles. The van der Waals surface area contributed by atoms with E-state index in [-0.39, 0.29) is 12.3 Å². The number of aromatic nitrogens is 1. The second-order valence-electron chi connectivity index (χ2n) is 4.25. The van der Waals surface area contributed by atoms with Gasteiger partial charge in [0.15, 0.2) is 0 Å². The molecule has 1 aromatic heterocycles. The first-order valence-electron chi connectivity index (χ1n) is 6.25. The van der Waals surface area contributed by atoms with E-state index < -0.39 is 0 Å². The Morgan fingerprint density at radius 1 is 1.24 bits per heavy atom. The number of carbonyl (C=O) groups excluding carboxylic acids is 1. The van der Waals surface area contributed by atoms with E-state index in [9.17, 15) is 4.79 Å². The Morgan fingerprint density at radius 3 is 2.71 bits per heavy atom. The van der Waals surface area contributed by atoms with Crippen LogP contribution in [0.15, 0.2) is 36.4 Å². The van der Waals surface area contributed by atoms with E-state index in [0.29, 0.717) is 22.5 Å². The fourth-order valence-corrected chi connectivity index (χ4v) is 2.00. The SMILES string of the molecule is COc1ccc(CC(=O)Nc2cccc(Cl)n2)c(OC)c1. The van der Waals surface area contributed by atoms with Crippen molar-refractivity contribution < 1.29 is 14.3 Å². The highest BCUT2D eigenvalue weighted by Gasteiger charge is 2.11. The molecule has 0 aliphatic rings. The maximum atomic E-state index is 12.0. The summed E-state index contributed by atoms with van der Waals surface area (Å²) < 4.78 is 10.4. The van der Waals surface area contributed by atoms with Gasteiger partial charge in [-0.15, -0.1) is 0 Å². The van der Waals surface area contributed by atoms with Crippen molar-refractivity contribution in [3.63, 3.8) is 0 Å². The average Bonchev–Trinajstić information content (AvgIpc) is 2.47. The van der Waals surface area contributed by atoms with Gasteiger partial charge in [0.25, 0.3) is 0 Å². The molecule has 0 radical (unpaired) electrons. The molecule has 6 heteroatoms. The number of rotatable bonds is 5. The van der Waals surface area contributed by atoms with Crippen molar-refractivity contribution in [3.8, 4) is 11.5 Å². The lowest BCUT2D eigenvalue weighted by molar-refractivity contribution is -0.115. The quantitative estimate of drug-likeness (QED) is 0.863. The maximum absolute atomic E-state index is 12.0. The summed E-state index contributed by atoms with van der Waals surface area (Å²) in [5.41, 5.74) is 0.762. The van der Waals surface area contributed by atoms with Crippen LogP contribution in [0.3, 0.4) is 0 Å². The van der Waals surface area contributed by atoms with Crippen LogP contribution in [0.25, 0.3) is 0 Å². The molecule has 1 aromatic carbocycles. The van der Waals surface area contributed by atoms with Gasteiger partial charge >= 0.3 is 0 Å². The van der Waals surface area contributed by atoms with Crippen LogP contribution in [0.1, 0.15) is 5.56 Å². The Labute approximate surface area is 127 Å². The zero-order valence-corrected chi connectivity index (χ0v) is 12.5. The highest BCUT2D eigenvalue weighted by atomic mass is 35.5. The predicted molar refractivity (Wildman–Crippen MR) is 81.1 cm³/mol. The molecule has 5 nitrogen and oxygen atoms in total. The van der Waals surface area contributed by atoms with Gasteiger partial charge in [-0.1, -0.05) is 23.7 Å². The summed E-state index contributed by atoms with van der Waals surface area (Å²) in [6.07, 6.45) is 0.168.